The molecule has 0 saturated carbocycles. The largest absolute Gasteiger partial charge is 0.465 e. The molecule has 0 bridgehead atoms. The number of benzene rings is 1. The van der Waals surface area contributed by atoms with Gasteiger partial charge in [0.25, 0.3) is 0 Å². The van der Waals surface area contributed by atoms with Crippen molar-refractivity contribution >= 4 is 41.5 Å². The van der Waals surface area contributed by atoms with Crippen LogP contribution in [-0.4, -0.2) is 73.8 Å². The van der Waals surface area contributed by atoms with Crippen molar-refractivity contribution < 1.29 is 23.9 Å². The average molecular weight is 394 g/mol. The summed E-state index contributed by atoms with van der Waals surface area (Å²) < 4.78 is 4.70. The van der Waals surface area contributed by atoms with Crippen LogP contribution in [0.5, 0.6) is 0 Å². The molecule has 0 spiro atoms. The number of hydrogen-bond donors (Lipinski definition) is 0. The van der Waals surface area contributed by atoms with Gasteiger partial charge in [-0.25, -0.2) is 4.79 Å². The predicted molar refractivity (Wildman–Crippen MR) is 97.5 cm³/mol. The third-order valence-corrected chi connectivity index (χ3v) is 5.23. The van der Waals surface area contributed by atoms with Crippen LogP contribution in [0.1, 0.15) is 16.8 Å². The van der Waals surface area contributed by atoms with Gasteiger partial charge in [-0.05, 0) is 18.2 Å². The maximum absolute atomic E-state index is 12.8. The molecule has 3 amide bonds. The molecule has 0 aliphatic carbocycles. The molecule has 2 aliphatic rings. The van der Waals surface area contributed by atoms with E-state index in [0.29, 0.717) is 36.9 Å². The Labute approximate surface area is 161 Å². The summed E-state index contributed by atoms with van der Waals surface area (Å²) in [5, 5.41) is 0.323. The van der Waals surface area contributed by atoms with Gasteiger partial charge in [-0.3, -0.25) is 14.4 Å². The number of piperazine rings is 1. The lowest BCUT2D eigenvalue weighted by molar-refractivity contribution is -0.139. The fraction of sp³-hybridized carbons (Fsp3) is 0.444. The van der Waals surface area contributed by atoms with Gasteiger partial charge in [-0.1, -0.05) is 11.6 Å². The minimum absolute atomic E-state index is 0.0888. The molecule has 2 aliphatic heterocycles. The topological polar surface area (TPSA) is 87.2 Å². The molecule has 1 aromatic rings. The van der Waals surface area contributed by atoms with E-state index >= 15 is 0 Å². The van der Waals surface area contributed by atoms with E-state index in [4.69, 9.17) is 16.3 Å². The Hall–Kier alpha value is -2.61. The third kappa shape index (κ3) is 3.90. The van der Waals surface area contributed by atoms with Crippen molar-refractivity contribution in [2.75, 3.05) is 44.7 Å². The first-order valence-electron chi connectivity index (χ1n) is 8.61. The number of nitrogens with zero attached hydrogens (tertiary/aromatic N) is 3. The Morgan fingerprint density at radius 3 is 2.56 bits per heavy atom. The van der Waals surface area contributed by atoms with Crippen molar-refractivity contribution in [1.29, 1.82) is 0 Å². The molecule has 1 atom stereocenters. The molecule has 0 aromatic heterocycles. The van der Waals surface area contributed by atoms with Gasteiger partial charge in [0.05, 0.1) is 29.3 Å². The normalized spacial score (nSPS) is 20.0. The van der Waals surface area contributed by atoms with Crippen LogP contribution in [0, 0.1) is 5.92 Å². The van der Waals surface area contributed by atoms with Crippen LogP contribution in [0.2, 0.25) is 5.02 Å². The maximum Gasteiger partial charge on any atom is 0.337 e. The molecule has 1 aromatic carbocycles. The molecule has 1 unspecified atom stereocenters. The van der Waals surface area contributed by atoms with Gasteiger partial charge in [0.1, 0.15) is 0 Å². The lowest BCUT2D eigenvalue weighted by Gasteiger charge is -2.33. The monoisotopic (exact) mass is 393 g/mol. The van der Waals surface area contributed by atoms with E-state index in [-0.39, 0.29) is 30.3 Å². The second kappa shape index (κ2) is 7.96. The molecule has 8 nitrogen and oxygen atoms in total. The van der Waals surface area contributed by atoms with E-state index < -0.39 is 11.9 Å². The highest BCUT2D eigenvalue weighted by Crippen LogP contribution is 2.33. The first-order chi connectivity index (χ1) is 12.9. The van der Waals surface area contributed by atoms with Crippen molar-refractivity contribution in [3.8, 4) is 0 Å². The number of anilines is 1. The van der Waals surface area contributed by atoms with Crippen LogP contribution in [0.15, 0.2) is 18.2 Å². The molecule has 0 N–H and O–H groups in total. The molecule has 0 radical (unpaired) electrons. The Morgan fingerprint density at radius 1 is 1.22 bits per heavy atom. The fourth-order valence-electron chi connectivity index (χ4n) is 3.38. The Kier molecular flexibility index (Phi) is 5.65. The second-order valence-electron chi connectivity index (χ2n) is 6.53. The summed E-state index contributed by atoms with van der Waals surface area (Å²) in [6, 6.07) is 4.55. The number of amides is 3. The Bertz CT molecular complexity index is 776. The third-order valence-electron chi connectivity index (χ3n) is 4.91. The van der Waals surface area contributed by atoms with Gasteiger partial charge in [-0.15, -0.1) is 0 Å². The van der Waals surface area contributed by atoms with E-state index in [1.807, 2.05) is 0 Å². The smallest absolute Gasteiger partial charge is 0.337 e. The van der Waals surface area contributed by atoms with Crippen LogP contribution in [0.25, 0.3) is 0 Å². The molecule has 2 fully saturated rings. The van der Waals surface area contributed by atoms with Gasteiger partial charge in [0.15, 0.2) is 0 Å². The summed E-state index contributed by atoms with van der Waals surface area (Å²) in [7, 11) is 1.27. The maximum atomic E-state index is 12.8. The van der Waals surface area contributed by atoms with Crippen molar-refractivity contribution in [2.24, 2.45) is 5.92 Å². The summed E-state index contributed by atoms with van der Waals surface area (Å²) in [6.07, 6.45) is 0.866. The summed E-state index contributed by atoms with van der Waals surface area (Å²) in [6.45, 7) is 2.11. The zero-order chi connectivity index (χ0) is 19.6. The van der Waals surface area contributed by atoms with E-state index in [9.17, 15) is 19.2 Å². The molecule has 144 valence electrons. The summed E-state index contributed by atoms with van der Waals surface area (Å²) in [5.74, 6) is -1.32. The first kappa shape index (κ1) is 19.2. The molecular formula is C18H20ClN3O5. The second-order valence-corrected chi connectivity index (χ2v) is 6.94. The van der Waals surface area contributed by atoms with Gasteiger partial charge in [0.2, 0.25) is 18.2 Å². The quantitative estimate of drug-likeness (QED) is 0.557. The fourth-order valence-corrected chi connectivity index (χ4v) is 3.60. The molecule has 3 rings (SSSR count). The van der Waals surface area contributed by atoms with E-state index in [2.05, 4.69) is 0 Å². The number of carbonyl (C=O) groups is 4. The van der Waals surface area contributed by atoms with Gasteiger partial charge in [0, 0.05) is 39.1 Å². The number of rotatable bonds is 4. The standard InChI is InChI=1S/C18H20ClN3O5/c1-27-18(26)12-2-3-14(19)15(8-12)22-10-13(9-16(22)24)17(25)21-6-4-20(11-23)5-7-21/h2-3,8,11,13H,4-7,9-10H2,1H3. The van der Waals surface area contributed by atoms with Crippen molar-refractivity contribution in [2.45, 2.75) is 6.42 Å². The number of hydrogen-bond acceptors (Lipinski definition) is 5. The van der Waals surface area contributed by atoms with Crippen LogP contribution in [-0.2, 0) is 19.1 Å². The van der Waals surface area contributed by atoms with Crippen molar-refractivity contribution in [3.63, 3.8) is 0 Å². The highest BCUT2D eigenvalue weighted by molar-refractivity contribution is 6.34. The van der Waals surface area contributed by atoms with Gasteiger partial charge in [-0.2, -0.15) is 0 Å². The van der Waals surface area contributed by atoms with E-state index in [1.54, 1.807) is 9.80 Å². The van der Waals surface area contributed by atoms with E-state index in [0.717, 1.165) is 6.41 Å². The minimum atomic E-state index is -0.528. The van der Waals surface area contributed by atoms with Crippen LogP contribution in [0.3, 0.4) is 0 Å². The number of halogens is 1. The minimum Gasteiger partial charge on any atom is -0.465 e. The number of esters is 1. The first-order valence-corrected chi connectivity index (χ1v) is 8.98. The van der Waals surface area contributed by atoms with Crippen molar-refractivity contribution in [3.05, 3.63) is 28.8 Å². The van der Waals surface area contributed by atoms with Gasteiger partial charge < -0.3 is 19.4 Å². The molecule has 2 saturated heterocycles. The van der Waals surface area contributed by atoms with Crippen molar-refractivity contribution in [1.82, 2.24) is 9.80 Å². The highest BCUT2D eigenvalue weighted by Gasteiger charge is 2.38. The SMILES string of the molecule is COC(=O)c1ccc(Cl)c(N2CC(C(=O)N3CCN(C=O)CC3)CC2=O)c1. The highest BCUT2D eigenvalue weighted by atomic mass is 35.5. The molecule has 2 heterocycles. The zero-order valence-electron chi connectivity index (χ0n) is 14.9. The Balaban J connectivity index is 1.73. The summed E-state index contributed by atoms with van der Waals surface area (Å²) >= 11 is 6.22. The van der Waals surface area contributed by atoms with Crippen LogP contribution in [0.4, 0.5) is 5.69 Å². The number of ether oxygens (including phenoxy) is 1. The summed E-state index contributed by atoms with van der Waals surface area (Å²) in [5.41, 5.74) is 0.676. The lowest BCUT2D eigenvalue weighted by atomic mass is 10.1. The lowest BCUT2D eigenvalue weighted by Crippen LogP contribution is -2.50. The average Bonchev–Trinajstić information content (AvgIpc) is 3.08. The predicted octanol–water partition coefficient (Wildman–Crippen LogP) is 0.780. The van der Waals surface area contributed by atoms with Crippen LogP contribution >= 0.6 is 11.6 Å². The zero-order valence-corrected chi connectivity index (χ0v) is 15.6. The number of carbonyl (C=O) groups excluding carboxylic acids is 4. The molecule has 27 heavy (non-hydrogen) atoms. The van der Waals surface area contributed by atoms with Gasteiger partial charge >= 0.3 is 5.97 Å². The van der Waals surface area contributed by atoms with Crippen LogP contribution < -0.4 is 4.90 Å². The molecule has 9 heteroatoms. The van der Waals surface area contributed by atoms with E-state index in [1.165, 1.54) is 30.2 Å². The molecular weight excluding hydrogens is 374 g/mol. The Morgan fingerprint density at radius 2 is 1.93 bits per heavy atom. The summed E-state index contributed by atoms with van der Waals surface area (Å²) in [4.78, 5) is 52.5. The number of methoxy groups -OCH3 is 1.